The third-order valence-corrected chi connectivity index (χ3v) is 6.66. The van der Waals surface area contributed by atoms with Crippen molar-refractivity contribution in [3.63, 3.8) is 0 Å². The Balaban J connectivity index is 2.27. The van der Waals surface area contributed by atoms with Gasteiger partial charge in [-0.2, -0.15) is 5.26 Å². The molecule has 1 saturated heterocycles. The Labute approximate surface area is 179 Å². The Kier molecular flexibility index (Phi) is 8.21. The minimum absolute atomic E-state index is 0.0165. The van der Waals surface area contributed by atoms with Gasteiger partial charge in [0.15, 0.2) is 0 Å². The lowest BCUT2D eigenvalue weighted by Gasteiger charge is -2.37. The molecule has 1 N–H and O–H groups in total. The van der Waals surface area contributed by atoms with Crippen LogP contribution in [0.25, 0.3) is 0 Å². The molecule has 1 fully saturated rings. The van der Waals surface area contributed by atoms with E-state index < -0.39 is 38.2 Å². The highest BCUT2D eigenvalue weighted by molar-refractivity contribution is 7.44. The number of hydrogen-bond donors (Lipinski definition) is 1. The quantitative estimate of drug-likeness (QED) is 0.359. The fourth-order valence-electron chi connectivity index (χ4n) is 3.20. The van der Waals surface area contributed by atoms with Crippen LogP contribution in [-0.4, -0.2) is 45.1 Å². The minimum atomic E-state index is -1.53. The lowest BCUT2D eigenvalue weighted by molar-refractivity contribution is -0.00878. The van der Waals surface area contributed by atoms with Crippen molar-refractivity contribution in [3.8, 4) is 18.4 Å². The molecular formula is C20H29N4O5P. The molecule has 0 radical (unpaired) electrons. The molecule has 0 spiro atoms. The number of H-pyrrole nitrogens is 1. The number of rotatable bonds is 9. The Morgan fingerprint density at radius 2 is 2.17 bits per heavy atom. The lowest BCUT2D eigenvalue weighted by Crippen LogP contribution is -2.35. The van der Waals surface area contributed by atoms with E-state index in [9.17, 15) is 9.59 Å². The molecule has 10 heteroatoms. The van der Waals surface area contributed by atoms with Crippen LogP contribution in [-0.2, 0) is 13.8 Å². The van der Waals surface area contributed by atoms with E-state index in [0.717, 1.165) is 0 Å². The van der Waals surface area contributed by atoms with E-state index in [-0.39, 0.29) is 44.0 Å². The van der Waals surface area contributed by atoms with Gasteiger partial charge in [-0.1, -0.05) is 5.92 Å². The van der Waals surface area contributed by atoms with Crippen molar-refractivity contribution in [1.29, 1.82) is 5.26 Å². The zero-order chi connectivity index (χ0) is 23.1. The van der Waals surface area contributed by atoms with Crippen LogP contribution in [0.4, 0.5) is 0 Å². The predicted octanol–water partition coefficient (Wildman–Crippen LogP) is 2.49. The van der Waals surface area contributed by atoms with Crippen LogP contribution in [0.2, 0.25) is 0 Å². The second-order valence-electron chi connectivity index (χ2n) is 7.41. The number of terminal acetylenes is 1. The van der Waals surface area contributed by atoms with E-state index in [2.05, 4.69) is 21.6 Å². The average molecular weight is 437 g/mol. The van der Waals surface area contributed by atoms with E-state index in [1.54, 1.807) is 0 Å². The molecule has 1 aromatic heterocycles. The monoisotopic (exact) mass is 437 g/mol. The van der Waals surface area contributed by atoms with Gasteiger partial charge in [-0.3, -0.25) is 14.3 Å². The highest BCUT2D eigenvalue weighted by atomic mass is 31.2. The van der Waals surface area contributed by atoms with Crippen molar-refractivity contribution in [2.24, 2.45) is 0 Å². The van der Waals surface area contributed by atoms with Gasteiger partial charge < -0.3 is 13.8 Å². The number of nitrogens with one attached hydrogen (secondary N) is 1. The largest absolute Gasteiger partial charge is 0.352 e. The molecule has 1 aliphatic rings. The van der Waals surface area contributed by atoms with E-state index in [1.807, 2.05) is 27.7 Å². The maximum atomic E-state index is 12.3. The second-order valence-corrected chi connectivity index (χ2v) is 8.82. The first-order valence-electron chi connectivity index (χ1n) is 10.5. The van der Waals surface area contributed by atoms with Crippen LogP contribution in [0, 0.1) is 23.7 Å². The maximum absolute atomic E-state index is 12.3. The molecule has 9 nitrogen and oxygen atoms in total. The Hall–Kier alpha value is -2.00. The molecule has 0 aliphatic carbocycles. The van der Waals surface area contributed by atoms with Gasteiger partial charge in [0.2, 0.25) is 0 Å². The molecule has 0 saturated carbocycles. The number of nitriles is 1. The maximum Gasteiger partial charge on any atom is 0.330 e. The zero-order valence-electron chi connectivity index (χ0n) is 18.7. The molecule has 0 amide bonds. The first kappa shape index (κ1) is 22.7. The van der Waals surface area contributed by atoms with Crippen LogP contribution in [0.1, 0.15) is 60.6 Å². The molecule has 2 unspecified atom stereocenters. The summed E-state index contributed by atoms with van der Waals surface area (Å²) >= 11 is 0. The summed E-state index contributed by atoms with van der Waals surface area (Å²) in [7, 11) is -1.53. The third kappa shape index (κ3) is 5.78. The smallest absolute Gasteiger partial charge is 0.330 e. The van der Waals surface area contributed by atoms with E-state index in [0.29, 0.717) is 0 Å². The molecule has 164 valence electrons. The van der Waals surface area contributed by atoms with Crippen LogP contribution in [0.15, 0.2) is 15.8 Å². The number of aromatic nitrogens is 2. The van der Waals surface area contributed by atoms with Gasteiger partial charge in [-0.25, -0.2) is 9.46 Å². The highest BCUT2D eigenvalue weighted by Gasteiger charge is 2.39. The molecule has 2 rings (SSSR count). The molecular weight excluding hydrogens is 407 g/mol. The summed E-state index contributed by atoms with van der Waals surface area (Å²) in [5, 5.41) is 8.86. The van der Waals surface area contributed by atoms with Crippen LogP contribution in [0.5, 0.6) is 0 Å². The topological polar surface area (TPSA) is 110 Å². The molecule has 1 aliphatic heterocycles. The molecule has 2 heterocycles. The van der Waals surface area contributed by atoms with Gasteiger partial charge >= 0.3 is 5.69 Å². The second kappa shape index (κ2) is 10.9. The summed E-state index contributed by atoms with van der Waals surface area (Å²) in [6.07, 6.45) is 5.30. The molecule has 0 aromatic carbocycles. The highest BCUT2D eigenvalue weighted by Crippen LogP contribution is 2.49. The number of hydrogen-bond acceptors (Lipinski definition) is 7. The summed E-state index contributed by atoms with van der Waals surface area (Å²) in [5.74, 6) is 2.25. The fourth-order valence-corrected chi connectivity index (χ4v) is 4.96. The van der Waals surface area contributed by atoms with Crippen molar-refractivity contribution in [2.45, 2.75) is 78.0 Å². The van der Waals surface area contributed by atoms with Crippen LogP contribution < -0.4 is 11.2 Å². The minimum Gasteiger partial charge on any atom is -0.352 e. The summed E-state index contributed by atoms with van der Waals surface area (Å²) in [5.41, 5.74) is -1.26. The number of ether oxygens (including phenoxy) is 1. The zero-order valence-corrected chi connectivity index (χ0v) is 18.6. The van der Waals surface area contributed by atoms with E-state index in [4.69, 9.17) is 26.8 Å². The molecule has 30 heavy (non-hydrogen) atoms. The third-order valence-electron chi connectivity index (χ3n) is 4.50. The molecule has 4 atom stereocenters. The van der Waals surface area contributed by atoms with Crippen molar-refractivity contribution in [1.82, 2.24) is 14.2 Å². The van der Waals surface area contributed by atoms with Gasteiger partial charge in [0.05, 0.1) is 31.3 Å². The Morgan fingerprint density at radius 1 is 1.47 bits per heavy atom. The Bertz CT molecular complexity index is 927. The van der Waals surface area contributed by atoms with Crippen molar-refractivity contribution >= 4 is 8.53 Å². The van der Waals surface area contributed by atoms with Gasteiger partial charge in [0.25, 0.3) is 14.1 Å². The fraction of sp³-hybridized carbons (Fsp3) is 0.650. The molecule has 0 bridgehead atoms. The number of aromatic amines is 1. The summed E-state index contributed by atoms with van der Waals surface area (Å²) in [4.78, 5) is 26.2. The van der Waals surface area contributed by atoms with E-state index in [1.165, 1.54) is 10.8 Å². The van der Waals surface area contributed by atoms with Crippen molar-refractivity contribution < 1.29 is 15.2 Å². The normalized spacial score (nSPS) is 22.8. The van der Waals surface area contributed by atoms with Crippen molar-refractivity contribution in [2.75, 3.05) is 6.61 Å². The van der Waals surface area contributed by atoms with Crippen LogP contribution in [0.3, 0.4) is 0 Å². The van der Waals surface area contributed by atoms with Gasteiger partial charge in [0, 0.05) is 26.1 Å². The first-order valence-corrected chi connectivity index (χ1v) is 10.9. The predicted molar refractivity (Wildman–Crippen MR) is 114 cm³/mol. The summed E-state index contributed by atoms with van der Waals surface area (Å²) < 4.78 is 29.3. The van der Waals surface area contributed by atoms with Gasteiger partial charge in [-0.15, -0.1) is 6.42 Å². The first-order chi connectivity index (χ1) is 14.7. The van der Waals surface area contributed by atoms with Gasteiger partial charge in [-0.05, 0) is 34.6 Å². The number of nitrogens with zero attached hydrogens (tertiary/aromatic N) is 3. The van der Waals surface area contributed by atoms with Crippen molar-refractivity contribution in [3.05, 3.63) is 32.6 Å². The summed E-state index contributed by atoms with van der Waals surface area (Å²) in [6.45, 7) is 8.28. The molecule has 1 aromatic rings. The van der Waals surface area contributed by atoms with Crippen LogP contribution >= 0.6 is 8.53 Å². The lowest BCUT2D eigenvalue weighted by atomic mass is 10.2. The standard InChI is InChI=1S/C20H29N4O5P/c1-7-16-12-23(20(26)22-19(16)25)18-11-17(15(6)28-18)29-30(27-10-8-9-21)24(13(2)3)14(4)5/h1,12-15,17-18H,8,10-11H2,2-6H3,(H,22,25,26)/t15-,17?,18-,30?/m1/s1/i6D. The van der Waals surface area contributed by atoms with Gasteiger partial charge in [0.1, 0.15) is 11.8 Å². The Morgan fingerprint density at radius 3 is 2.73 bits per heavy atom. The summed E-state index contributed by atoms with van der Waals surface area (Å²) in [6, 6.07) is 2.31. The SMILES string of the molecule is [2H]C[C@H]1O[C@@H](n2cc(C#C)c(=O)[nH]c2=O)CC1OP(OCCC#N)N(C(C)C)C(C)C. The average Bonchev–Trinajstić information content (AvgIpc) is 3.10. The van der Waals surface area contributed by atoms with E-state index >= 15 is 0 Å².